The lowest BCUT2D eigenvalue weighted by atomic mass is 9.85. The molecular weight excluding hydrogens is 575 g/mol. The summed E-state index contributed by atoms with van der Waals surface area (Å²) in [6, 6.07) is 6.90. The maximum Gasteiger partial charge on any atom is 0.278 e. The van der Waals surface area contributed by atoms with Gasteiger partial charge in [0.1, 0.15) is 17.1 Å². The van der Waals surface area contributed by atoms with E-state index < -0.39 is 23.2 Å². The first-order valence-electron chi connectivity index (χ1n) is 17.1. The Hall–Kier alpha value is -2.98. The fourth-order valence-corrected chi connectivity index (χ4v) is 7.65. The zero-order chi connectivity index (χ0) is 31.6. The molecule has 0 spiro atoms. The van der Waals surface area contributed by atoms with Crippen molar-refractivity contribution in [1.82, 2.24) is 19.7 Å². The molecular formula is C35H50F3N7. The van der Waals surface area contributed by atoms with Gasteiger partial charge < -0.3 is 25.4 Å². The van der Waals surface area contributed by atoms with E-state index in [1.54, 1.807) is 0 Å². The maximum absolute atomic E-state index is 15.7. The summed E-state index contributed by atoms with van der Waals surface area (Å²) in [5.41, 5.74) is 7.42. The third-order valence-corrected chi connectivity index (χ3v) is 10.8. The van der Waals surface area contributed by atoms with Crippen molar-refractivity contribution >= 4 is 18.1 Å². The van der Waals surface area contributed by atoms with Crippen LogP contribution < -0.4 is 32.0 Å². The van der Waals surface area contributed by atoms with Crippen molar-refractivity contribution in [3.8, 4) is 0 Å². The van der Waals surface area contributed by atoms with Crippen molar-refractivity contribution in [2.75, 3.05) is 50.7 Å². The Morgan fingerprint density at radius 1 is 0.867 bits per heavy atom. The van der Waals surface area contributed by atoms with E-state index in [1.807, 2.05) is 10.6 Å². The van der Waals surface area contributed by atoms with Crippen LogP contribution in [0.4, 0.5) is 18.9 Å². The minimum absolute atomic E-state index is 0.0546. The van der Waals surface area contributed by atoms with Gasteiger partial charge in [-0.2, -0.15) is 0 Å². The zero-order valence-corrected chi connectivity index (χ0v) is 26.6. The molecule has 10 heteroatoms. The summed E-state index contributed by atoms with van der Waals surface area (Å²) in [4.78, 5) is 7.22. The van der Waals surface area contributed by atoms with Gasteiger partial charge in [-0.05, 0) is 64.2 Å². The molecule has 2 saturated heterocycles. The van der Waals surface area contributed by atoms with Crippen LogP contribution >= 0.6 is 0 Å². The molecule has 3 fully saturated rings. The SMILES string of the molecule is C=c1c(N2CCN(C3CCC3)CC2)c/c2c(=N)n1CCCCCCCN1CCC(CC1)C(F)(F)c1cccc(c1F)CN/C=2N. The minimum atomic E-state index is -3.25. The molecule has 0 unspecified atom stereocenters. The summed E-state index contributed by atoms with van der Waals surface area (Å²) in [6.45, 7) is 11.0. The number of piperidine rings is 1. The molecule has 0 atom stereocenters. The summed E-state index contributed by atoms with van der Waals surface area (Å²) in [5, 5.41) is 13.5. The van der Waals surface area contributed by atoms with E-state index in [0.717, 1.165) is 75.9 Å². The fraction of sp³-hybridized carbons (Fsp3) is 0.629. The highest BCUT2D eigenvalue weighted by Gasteiger charge is 2.44. The van der Waals surface area contributed by atoms with Crippen molar-refractivity contribution in [1.29, 1.82) is 5.41 Å². The van der Waals surface area contributed by atoms with Crippen molar-refractivity contribution in [2.45, 2.75) is 89.3 Å². The van der Waals surface area contributed by atoms with Gasteiger partial charge >= 0.3 is 0 Å². The maximum atomic E-state index is 15.7. The van der Waals surface area contributed by atoms with E-state index in [2.05, 4.69) is 26.6 Å². The first-order chi connectivity index (χ1) is 21.7. The number of pyridine rings is 1. The average molecular weight is 626 g/mol. The number of benzene rings is 1. The van der Waals surface area contributed by atoms with Gasteiger partial charge in [0.25, 0.3) is 5.92 Å². The highest BCUT2D eigenvalue weighted by Crippen LogP contribution is 2.43. The third-order valence-electron chi connectivity index (χ3n) is 10.8. The van der Waals surface area contributed by atoms with Gasteiger partial charge in [0, 0.05) is 56.8 Å². The summed E-state index contributed by atoms with van der Waals surface area (Å²) in [7, 11) is 0. The smallest absolute Gasteiger partial charge is 0.278 e. The van der Waals surface area contributed by atoms with Gasteiger partial charge in [0.2, 0.25) is 0 Å². The lowest BCUT2D eigenvalue weighted by molar-refractivity contribution is -0.0880. The van der Waals surface area contributed by atoms with Gasteiger partial charge in [0.15, 0.2) is 0 Å². The first-order valence-corrected chi connectivity index (χ1v) is 17.1. The number of nitrogens with one attached hydrogen (secondary N) is 2. The average Bonchev–Trinajstić information content (AvgIpc) is 3.01. The van der Waals surface area contributed by atoms with Crippen LogP contribution in [-0.4, -0.2) is 66.2 Å². The van der Waals surface area contributed by atoms with Crippen LogP contribution in [0.3, 0.4) is 0 Å². The Morgan fingerprint density at radius 3 is 2.24 bits per heavy atom. The van der Waals surface area contributed by atoms with Crippen LogP contribution in [0.25, 0.3) is 12.4 Å². The largest absolute Gasteiger partial charge is 0.385 e. The van der Waals surface area contributed by atoms with Gasteiger partial charge in [-0.15, -0.1) is 0 Å². The summed E-state index contributed by atoms with van der Waals surface area (Å²) in [6.07, 6.45) is 9.82. The Labute approximate surface area is 265 Å². The molecule has 4 aliphatic heterocycles. The summed E-state index contributed by atoms with van der Waals surface area (Å²) < 4.78 is 49.1. The minimum Gasteiger partial charge on any atom is -0.385 e. The fourth-order valence-electron chi connectivity index (χ4n) is 7.65. The number of halogens is 3. The molecule has 1 aromatic carbocycles. The number of hydrogen-bond acceptors (Lipinski definition) is 6. The van der Waals surface area contributed by atoms with Crippen LogP contribution in [0.1, 0.15) is 75.3 Å². The molecule has 6 bridgehead atoms. The predicted molar refractivity (Wildman–Crippen MR) is 173 cm³/mol. The van der Waals surface area contributed by atoms with Gasteiger partial charge in [-0.1, -0.05) is 50.5 Å². The van der Waals surface area contributed by atoms with Gasteiger partial charge in [-0.3, -0.25) is 10.3 Å². The Balaban J connectivity index is 1.32. The number of anilines is 1. The van der Waals surface area contributed by atoms with Crippen molar-refractivity contribution in [3.05, 3.63) is 57.3 Å². The molecule has 0 radical (unpaired) electrons. The normalized spacial score (nSPS) is 26.9. The molecule has 246 valence electrons. The van der Waals surface area contributed by atoms with E-state index in [1.165, 1.54) is 37.5 Å². The van der Waals surface area contributed by atoms with Crippen LogP contribution in [-0.2, 0) is 19.0 Å². The second-order valence-electron chi connectivity index (χ2n) is 13.6. The molecule has 1 aromatic heterocycles. The van der Waals surface area contributed by atoms with Crippen molar-refractivity contribution in [2.24, 2.45) is 11.7 Å². The second kappa shape index (κ2) is 13.8. The summed E-state index contributed by atoms with van der Waals surface area (Å²) in [5.74, 6) is -4.77. The molecule has 7 nitrogen and oxygen atoms in total. The van der Waals surface area contributed by atoms with Crippen LogP contribution in [0.15, 0.2) is 24.3 Å². The number of fused-ring (bicyclic) bond motifs is 10. The number of piperazine rings is 1. The lowest BCUT2D eigenvalue weighted by Gasteiger charge is -2.43. The second-order valence-corrected chi connectivity index (χ2v) is 13.6. The number of nitrogens with two attached hydrogens (primary N) is 1. The number of nitrogens with zero attached hydrogens (tertiary/aromatic N) is 4. The molecule has 4 N–H and O–H groups in total. The molecule has 2 aromatic rings. The monoisotopic (exact) mass is 625 g/mol. The van der Waals surface area contributed by atoms with Gasteiger partial charge in [-0.25, -0.2) is 13.2 Å². The van der Waals surface area contributed by atoms with Crippen LogP contribution in [0, 0.1) is 17.1 Å². The van der Waals surface area contributed by atoms with Crippen molar-refractivity contribution < 1.29 is 13.2 Å². The molecule has 45 heavy (non-hydrogen) atoms. The standard InChI is InChI=1S/C35H50F3N7/c1-25-31(44-21-19-43(20-22-44)28-10-8-11-28)23-29-33(39)41-24-26-9-7-12-30(32(26)36)35(37,38)27-13-17-42(18-14-27)15-5-3-2-4-6-16-45(25)34(29)40/h7,9,12,23,27-28,40-41H,1-6,8,10-11,13-22,24,39H2/b33-29+,40-34?. The Morgan fingerprint density at radius 2 is 1.56 bits per heavy atom. The van der Waals surface area contributed by atoms with E-state index in [0.29, 0.717) is 43.7 Å². The Kier molecular flexibility index (Phi) is 9.80. The number of hydrogen-bond donors (Lipinski definition) is 3. The lowest BCUT2D eigenvalue weighted by Crippen LogP contribution is -2.55. The molecule has 7 rings (SSSR count). The van der Waals surface area contributed by atoms with Crippen LogP contribution in [0.5, 0.6) is 0 Å². The van der Waals surface area contributed by atoms with E-state index in [4.69, 9.17) is 11.1 Å². The summed E-state index contributed by atoms with van der Waals surface area (Å²) >= 11 is 0. The molecule has 5 heterocycles. The van der Waals surface area contributed by atoms with E-state index in [9.17, 15) is 0 Å². The zero-order valence-electron chi connectivity index (χ0n) is 26.6. The first kappa shape index (κ1) is 32.0. The highest BCUT2D eigenvalue weighted by atomic mass is 19.3. The molecule has 1 aliphatic carbocycles. The molecule has 5 aliphatic rings. The topological polar surface area (TPSA) is 76.6 Å². The predicted octanol–water partition coefficient (Wildman–Crippen LogP) is 3.77. The highest BCUT2D eigenvalue weighted by molar-refractivity contribution is 5.51. The van der Waals surface area contributed by atoms with Crippen molar-refractivity contribution in [3.63, 3.8) is 0 Å². The van der Waals surface area contributed by atoms with Crippen LogP contribution in [0.2, 0.25) is 0 Å². The number of rotatable bonds is 2. The molecule has 1 saturated carbocycles. The number of alkyl halides is 2. The Bertz CT molecular complexity index is 1500. The quantitative estimate of drug-likeness (QED) is 0.474. The van der Waals surface area contributed by atoms with Gasteiger partial charge in [0.05, 0.1) is 21.8 Å². The molecule has 0 amide bonds. The third kappa shape index (κ3) is 6.77. The number of aromatic nitrogens is 1. The van der Waals surface area contributed by atoms with E-state index >= 15 is 13.2 Å². The van der Waals surface area contributed by atoms with E-state index in [-0.39, 0.29) is 23.4 Å².